The van der Waals surface area contributed by atoms with Crippen LogP contribution in [0.2, 0.25) is 0 Å². The summed E-state index contributed by atoms with van der Waals surface area (Å²) in [5.41, 5.74) is -0.509. The van der Waals surface area contributed by atoms with Crippen molar-refractivity contribution in [2.24, 2.45) is 0 Å². The Morgan fingerprint density at radius 2 is 2.00 bits per heavy atom. The summed E-state index contributed by atoms with van der Waals surface area (Å²) in [6, 6.07) is 9.02. The van der Waals surface area contributed by atoms with Gasteiger partial charge < -0.3 is 20.5 Å². The molecule has 1 aromatic rings. The van der Waals surface area contributed by atoms with Crippen molar-refractivity contribution in [3.05, 3.63) is 35.9 Å². The maximum Gasteiger partial charge on any atom is 0.315 e. The third kappa shape index (κ3) is 3.95. The first kappa shape index (κ1) is 15.8. The molecule has 0 heterocycles. The molecule has 1 unspecified atom stereocenters. The van der Waals surface area contributed by atoms with E-state index in [2.05, 4.69) is 10.6 Å². The van der Waals surface area contributed by atoms with Crippen LogP contribution in [0.4, 0.5) is 4.79 Å². The van der Waals surface area contributed by atoms with E-state index in [1.54, 1.807) is 14.0 Å². The van der Waals surface area contributed by atoms with Crippen molar-refractivity contribution < 1.29 is 14.6 Å². The fourth-order valence-corrected chi connectivity index (χ4v) is 2.48. The van der Waals surface area contributed by atoms with Gasteiger partial charge in [0.05, 0.1) is 12.1 Å². The van der Waals surface area contributed by atoms with Crippen LogP contribution in [0.5, 0.6) is 0 Å². The van der Waals surface area contributed by atoms with Gasteiger partial charge in [0.15, 0.2) is 0 Å². The molecule has 0 radical (unpaired) electrons. The highest BCUT2D eigenvalue weighted by Crippen LogP contribution is 2.34. The summed E-state index contributed by atoms with van der Waals surface area (Å²) in [4.78, 5) is 11.8. The molecule has 0 aliphatic heterocycles. The monoisotopic (exact) mass is 292 g/mol. The van der Waals surface area contributed by atoms with E-state index in [0.29, 0.717) is 6.54 Å². The summed E-state index contributed by atoms with van der Waals surface area (Å²) >= 11 is 0. The van der Waals surface area contributed by atoms with Gasteiger partial charge in [-0.1, -0.05) is 30.3 Å². The number of ether oxygens (including phenoxy) is 1. The Balaban J connectivity index is 1.78. The SMILES string of the molecule is COC1(CNC(=O)NCC(C)(O)c2ccccc2)CCC1. The number of benzene rings is 1. The summed E-state index contributed by atoms with van der Waals surface area (Å²) < 4.78 is 5.45. The van der Waals surface area contributed by atoms with Crippen LogP contribution in [-0.2, 0) is 10.3 Å². The average Bonchev–Trinajstić information content (AvgIpc) is 2.45. The third-order valence-electron chi connectivity index (χ3n) is 4.26. The van der Waals surface area contributed by atoms with Crippen LogP contribution < -0.4 is 10.6 Å². The lowest BCUT2D eigenvalue weighted by atomic mass is 9.80. The minimum absolute atomic E-state index is 0.156. The molecular weight excluding hydrogens is 268 g/mol. The molecule has 1 aliphatic rings. The molecule has 2 rings (SSSR count). The van der Waals surface area contributed by atoms with Crippen molar-refractivity contribution >= 4 is 6.03 Å². The minimum Gasteiger partial charge on any atom is -0.384 e. The Bertz CT molecular complexity index is 464. The molecular formula is C16H24N2O3. The Labute approximate surface area is 125 Å². The van der Waals surface area contributed by atoms with Gasteiger partial charge in [-0.15, -0.1) is 0 Å². The smallest absolute Gasteiger partial charge is 0.315 e. The van der Waals surface area contributed by atoms with Crippen molar-refractivity contribution in [2.45, 2.75) is 37.4 Å². The van der Waals surface area contributed by atoms with Crippen LogP contribution in [0, 0.1) is 0 Å². The number of rotatable bonds is 6. The van der Waals surface area contributed by atoms with Crippen LogP contribution in [-0.4, -0.2) is 36.9 Å². The standard InChI is InChI=1S/C16H24N2O3/c1-15(20,13-7-4-3-5-8-13)11-17-14(19)18-12-16(21-2)9-6-10-16/h3-5,7-8,20H,6,9-12H2,1-2H3,(H2,17,18,19). The van der Waals surface area contributed by atoms with E-state index in [4.69, 9.17) is 4.74 Å². The highest BCUT2D eigenvalue weighted by molar-refractivity contribution is 5.74. The molecule has 0 spiro atoms. The zero-order valence-corrected chi connectivity index (χ0v) is 12.7. The Morgan fingerprint density at radius 3 is 2.52 bits per heavy atom. The van der Waals surface area contributed by atoms with Gasteiger partial charge in [-0.2, -0.15) is 0 Å². The van der Waals surface area contributed by atoms with Crippen molar-refractivity contribution in [1.29, 1.82) is 0 Å². The van der Waals surface area contributed by atoms with Gasteiger partial charge in [-0.3, -0.25) is 0 Å². The topological polar surface area (TPSA) is 70.6 Å². The number of amides is 2. The Kier molecular flexibility index (Phi) is 4.85. The number of aliphatic hydroxyl groups is 1. The molecule has 3 N–H and O–H groups in total. The predicted molar refractivity (Wildman–Crippen MR) is 81.0 cm³/mol. The Morgan fingerprint density at radius 1 is 1.33 bits per heavy atom. The first-order valence-corrected chi connectivity index (χ1v) is 7.32. The van der Waals surface area contributed by atoms with E-state index >= 15 is 0 Å². The molecule has 21 heavy (non-hydrogen) atoms. The zero-order valence-electron chi connectivity index (χ0n) is 12.7. The maximum absolute atomic E-state index is 11.8. The quantitative estimate of drug-likeness (QED) is 0.748. The lowest BCUT2D eigenvalue weighted by molar-refractivity contribution is -0.0674. The second kappa shape index (κ2) is 6.45. The van der Waals surface area contributed by atoms with Gasteiger partial charge in [-0.25, -0.2) is 4.79 Å². The van der Waals surface area contributed by atoms with Crippen LogP contribution in [0.1, 0.15) is 31.7 Å². The summed E-state index contributed by atoms with van der Waals surface area (Å²) in [5.74, 6) is 0. The summed E-state index contributed by atoms with van der Waals surface area (Å²) in [6.45, 7) is 2.34. The molecule has 0 saturated heterocycles. The van der Waals surface area contributed by atoms with Gasteiger partial charge in [0.25, 0.3) is 0 Å². The number of nitrogens with one attached hydrogen (secondary N) is 2. The molecule has 0 bridgehead atoms. The van der Waals surface area contributed by atoms with E-state index in [-0.39, 0.29) is 18.2 Å². The normalized spacial score (nSPS) is 19.2. The molecule has 5 nitrogen and oxygen atoms in total. The van der Waals surface area contributed by atoms with Crippen molar-refractivity contribution in [3.63, 3.8) is 0 Å². The number of hydrogen-bond donors (Lipinski definition) is 3. The van der Waals surface area contributed by atoms with Crippen molar-refractivity contribution in [3.8, 4) is 0 Å². The van der Waals surface area contributed by atoms with E-state index in [9.17, 15) is 9.90 Å². The molecule has 1 atom stereocenters. The van der Waals surface area contributed by atoms with Crippen LogP contribution >= 0.6 is 0 Å². The predicted octanol–water partition coefficient (Wildman–Crippen LogP) is 1.76. The molecule has 0 aromatic heterocycles. The maximum atomic E-state index is 11.8. The number of urea groups is 1. The summed E-state index contributed by atoms with van der Waals surface area (Å²) in [7, 11) is 1.68. The van der Waals surface area contributed by atoms with Crippen LogP contribution in [0.25, 0.3) is 0 Å². The molecule has 116 valence electrons. The highest BCUT2D eigenvalue weighted by atomic mass is 16.5. The lowest BCUT2D eigenvalue weighted by Crippen LogP contribution is -2.52. The third-order valence-corrected chi connectivity index (χ3v) is 4.26. The molecule has 1 aliphatic carbocycles. The largest absolute Gasteiger partial charge is 0.384 e. The lowest BCUT2D eigenvalue weighted by Gasteiger charge is -2.40. The molecule has 1 fully saturated rings. The van der Waals surface area contributed by atoms with Crippen molar-refractivity contribution in [2.75, 3.05) is 20.2 Å². The van der Waals surface area contributed by atoms with Crippen LogP contribution in [0.15, 0.2) is 30.3 Å². The number of methoxy groups -OCH3 is 1. The van der Waals surface area contributed by atoms with Crippen molar-refractivity contribution in [1.82, 2.24) is 10.6 Å². The van der Waals surface area contributed by atoms with Gasteiger partial charge in [0.1, 0.15) is 5.60 Å². The number of carbonyl (C=O) groups is 1. The first-order chi connectivity index (χ1) is 9.97. The van der Waals surface area contributed by atoms with Gasteiger partial charge in [0.2, 0.25) is 0 Å². The van der Waals surface area contributed by atoms with Gasteiger partial charge in [0, 0.05) is 13.7 Å². The summed E-state index contributed by atoms with van der Waals surface area (Å²) in [5, 5.41) is 15.9. The average molecular weight is 292 g/mol. The number of hydrogen-bond acceptors (Lipinski definition) is 3. The van der Waals surface area contributed by atoms with E-state index in [1.807, 2.05) is 30.3 Å². The van der Waals surface area contributed by atoms with Gasteiger partial charge >= 0.3 is 6.03 Å². The second-order valence-corrected chi connectivity index (χ2v) is 5.92. The van der Waals surface area contributed by atoms with E-state index in [0.717, 1.165) is 24.8 Å². The highest BCUT2D eigenvalue weighted by Gasteiger charge is 2.37. The Hall–Kier alpha value is -1.59. The molecule has 1 saturated carbocycles. The fraction of sp³-hybridized carbons (Fsp3) is 0.562. The van der Waals surface area contributed by atoms with E-state index < -0.39 is 5.60 Å². The number of carbonyl (C=O) groups excluding carboxylic acids is 1. The molecule has 1 aromatic carbocycles. The summed E-state index contributed by atoms with van der Waals surface area (Å²) in [6.07, 6.45) is 3.09. The minimum atomic E-state index is -1.09. The van der Waals surface area contributed by atoms with Gasteiger partial charge in [-0.05, 0) is 31.7 Å². The zero-order chi connectivity index (χ0) is 15.3. The molecule has 5 heteroatoms. The van der Waals surface area contributed by atoms with Crippen LogP contribution in [0.3, 0.4) is 0 Å². The fourth-order valence-electron chi connectivity index (χ4n) is 2.48. The second-order valence-electron chi connectivity index (χ2n) is 5.92. The first-order valence-electron chi connectivity index (χ1n) is 7.32. The molecule has 2 amide bonds. The van der Waals surface area contributed by atoms with E-state index in [1.165, 1.54) is 0 Å².